The molecular formula is C13H23BrN2O2. The minimum atomic E-state index is 0.0549. The summed E-state index contributed by atoms with van der Waals surface area (Å²) >= 11 is 3.51. The predicted octanol–water partition coefficient (Wildman–Crippen LogP) is 1.73. The van der Waals surface area contributed by atoms with Gasteiger partial charge in [0.05, 0.1) is 13.1 Å². The molecule has 1 aliphatic rings. The van der Waals surface area contributed by atoms with Gasteiger partial charge in [0.2, 0.25) is 11.8 Å². The first kappa shape index (κ1) is 15.5. The zero-order chi connectivity index (χ0) is 13.9. The number of amides is 2. The van der Waals surface area contributed by atoms with Gasteiger partial charge in [-0.15, -0.1) is 0 Å². The van der Waals surface area contributed by atoms with E-state index in [0.717, 1.165) is 5.33 Å². The van der Waals surface area contributed by atoms with E-state index in [9.17, 15) is 9.59 Å². The van der Waals surface area contributed by atoms with E-state index in [1.165, 1.54) is 0 Å². The van der Waals surface area contributed by atoms with Gasteiger partial charge in [0.1, 0.15) is 0 Å². The first-order valence-corrected chi connectivity index (χ1v) is 7.53. The second-order valence-corrected chi connectivity index (χ2v) is 6.55. The largest absolute Gasteiger partial charge is 0.332 e. The maximum Gasteiger partial charge on any atom is 0.242 e. The van der Waals surface area contributed by atoms with E-state index in [1.807, 2.05) is 6.92 Å². The molecular weight excluding hydrogens is 296 g/mol. The topological polar surface area (TPSA) is 40.6 Å². The van der Waals surface area contributed by atoms with Crippen LogP contribution in [-0.4, -0.2) is 53.1 Å². The normalized spacial score (nSPS) is 19.4. The lowest BCUT2D eigenvalue weighted by Crippen LogP contribution is -2.55. The molecule has 0 radical (unpaired) electrons. The Kier molecular flexibility index (Phi) is 5.20. The van der Waals surface area contributed by atoms with Crippen molar-refractivity contribution in [2.75, 3.05) is 31.5 Å². The molecule has 104 valence electrons. The van der Waals surface area contributed by atoms with Crippen molar-refractivity contribution < 1.29 is 9.59 Å². The van der Waals surface area contributed by atoms with E-state index >= 15 is 0 Å². The lowest BCUT2D eigenvalue weighted by Gasteiger charge is -2.38. The van der Waals surface area contributed by atoms with Gasteiger partial charge in [-0.25, -0.2) is 0 Å². The molecule has 0 N–H and O–H groups in total. The Hall–Kier alpha value is -0.580. The fraction of sp³-hybridized carbons (Fsp3) is 0.846. The average molecular weight is 319 g/mol. The minimum Gasteiger partial charge on any atom is -0.332 e. The van der Waals surface area contributed by atoms with Crippen LogP contribution >= 0.6 is 15.9 Å². The highest BCUT2D eigenvalue weighted by Gasteiger charge is 2.33. The van der Waals surface area contributed by atoms with Gasteiger partial charge in [-0.1, -0.05) is 36.7 Å². The molecule has 0 spiro atoms. The molecule has 0 aromatic heterocycles. The third-order valence-corrected chi connectivity index (χ3v) is 4.37. The Labute approximate surface area is 118 Å². The van der Waals surface area contributed by atoms with Gasteiger partial charge in [0, 0.05) is 18.4 Å². The molecule has 1 aliphatic heterocycles. The van der Waals surface area contributed by atoms with Crippen LogP contribution in [0.3, 0.4) is 0 Å². The molecule has 2 amide bonds. The van der Waals surface area contributed by atoms with Crippen LogP contribution in [0.4, 0.5) is 0 Å². The van der Waals surface area contributed by atoms with E-state index in [4.69, 9.17) is 0 Å². The summed E-state index contributed by atoms with van der Waals surface area (Å²) in [5.41, 5.74) is 0.120. The van der Waals surface area contributed by atoms with Crippen LogP contribution < -0.4 is 0 Å². The van der Waals surface area contributed by atoms with Crippen LogP contribution in [0.15, 0.2) is 0 Å². The van der Waals surface area contributed by atoms with E-state index in [1.54, 1.807) is 9.80 Å². The highest BCUT2D eigenvalue weighted by atomic mass is 79.9. The lowest BCUT2D eigenvalue weighted by molar-refractivity contribution is -0.150. The number of alkyl halides is 1. The summed E-state index contributed by atoms with van der Waals surface area (Å²) < 4.78 is 0. The van der Waals surface area contributed by atoms with Gasteiger partial charge in [-0.05, 0) is 18.3 Å². The Balaban J connectivity index is 2.68. The van der Waals surface area contributed by atoms with Gasteiger partial charge in [-0.3, -0.25) is 9.59 Å². The van der Waals surface area contributed by atoms with Gasteiger partial charge in [-0.2, -0.15) is 0 Å². The Morgan fingerprint density at radius 1 is 1.17 bits per heavy atom. The first-order chi connectivity index (χ1) is 8.29. The molecule has 0 saturated carbocycles. The molecule has 0 aliphatic carbocycles. The minimum absolute atomic E-state index is 0.0549. The lowest BCUT2D eigenvalue weighted by atomic mass is 9.81. The summed E-state index contributed by atoms with van der Waals surface area (Å²) in [6.45, 7) is 10.1. The molecule has 0 bridgehead atoms. The Morgan fingerprint density at radius 2 is 1.67 bits per heavy atom. The molecule has 0 aromatic carbocycles. The van der Waals surface area contributed by atoms with E-state index < -0.39 is 0 Å². The van der Waals surface area contributed by atoms with Crippen molar-refractivity contribution >= 4 is 27.7 Å². The van der Waals surface area contributed by atoms with Gasteiger partial charge < -0.3 is 9.80 Å². The molecule has 1 unspecified atom stereocenters. The Bertz CT molecular complexity index is 325. The molecule has 1 heterocycles. The van der Waals surface area contributed by atoms with Crippen molar-refractivity contribution in [3.8, 4) is 0 Å². The number of piperazine rings is 1. The monoisotopic (exact) mass is 318 g/mol. The van der Waals surface area contributed by atoms with E-state index in [0.29, 0.717) is 19.0 Å². The molecule has 1 rings (SSSR count). The van der Waals surface area contributed by atoms with Crippen molar-refractivity contribution in [3.05, 3.63) is 0 Å². The number of carbonyl (C=O) groups is 2. The summed E-state index contributed by atoms with van der Waals surface area (Å²) in [4.78, 5) is 27.1. The van der Waals surface area contributed by atoms with Crippen LogP contribution in [0.2, 0.25) is 0 Å². The van der Waals surface area contributed by atoms with Crippen molar-refractivity contribution in [2.45, 2.75) is 27.7 Å². The smallest absolute Gasteiger partial charge is 0.242 e. The SMILES string of the molecule is CCN1CC(=O)N(CC(CBr)C(C)(C)C)CC1=O. The van der Waals surface area contributed by atoms with Gasteiger partial charge >= 0.3 is 0 Å². The fourth-order valence-corrected chi connectivity index (χ4v) is 3.15. The number of halogens is 1. The molecule has 18 heavy (non-hydrogen) atoms. The summed E-state index contributed by atoms with van der Waals surface area (Å²) in [6, 6.07) is 0. The highest BCUT2D eigenvalue weighted by molar-refractivity contribution is 9.09. The second kappa shape index (κ2) is 6.04. The van der Waals surface area contributed by atoms with Crippen molar-refractivity contribution in [2.24, 2.45) is 11.3 Å². The van der Waals surface area contributed by atoms with Gasteiger partial charge in [0.15, 0.2) is 0 Å². The van der Waals surface area contributed by atoms with Crippen LogP contribution in [0, 0.1) is 11.3 Å². The van der Waals surface area contributed by atoms with E-state index in [-0.39, 0.29) is 30.3 Å². The number of nitrogens with zero attached hydrogens (tertiary/aromatic N) is 2. The first-order valence-electron chi connectivity index (χ1n) is 6.41. The third-order valence-electron chi connectivity index (χ3n) is 3.59. The molecule has 0 aromatic rings. The second-order valence-electron chi connectivity index (χ2n) is 5.90. The van der Waals surface area contributed by atoms with Crippen molar-refractivity contribution in [3.63, 3.8) is 0 Å². The highest BCUT2D eigenvalue weighted by Crippen LogP contribution is 2.28. The average Bonchev–Trinajstić information content (AvgIpc) is 2.27. The summed E-state index contributed by atoms with van der Waals surface area (Å²) in [6.07, 6.45) is 0. The van der Waals surface area contributed by atoms with Crippen molar-refractivity contribution in [1.82, 2.24) is 9.80 Å². The summed E-state index contributed by atoms with van der Waals surface area (Å²) in [5, 5.41) is 0.839. The van der Waals surface area contributed by atoms with Crippen molar-refractivity contribution in [1.29, 1.82) is 0 Å². The van der Waals surface area contributed by atoms with Gasteiger partial charge in [0.25, 0.3) is 0 Å². The molecule has 4 nitrogen and oxygen atoms in total. The molecule has 1 atom stereocenters. The molecule has 1 fully saturated rings. The number of carbonyl (C=O) groups excluding carboxylic acids is 2. The molecule has 5 heteroatoms. The maximum absolute atomic E-state index is 12.0. The fourth-order valence-electron chi connectivity index (χ4n) is 1.98. The number of hydrogen-bond acceptors (Lipinski definition) is 2. The maximum atomic E-state index is 12.0. The number of likely N-dealkylation sites (N-methyl/N-ethyl adjacent to an activating group) is 1. The zero-order valence-electron chi connectivity index (χ0n) is 11.7. The van der Waals surface area contributed by atoms with E-state index in [2.05, 4.69) is 36.7 Å². The van der Waals surface area contributed by atoms with Crippen LogP contribution in [-0.2, 0) is 9.59 Å². The van der Waals surface area contributed by atoms with Crippen LogP contribution in [0.1, 0.15) is 27.7 Å². The quantitative estimate of drug-likeness (QED) is 0.741. The zero-order valence-corrected chi connectivity index (χ0v) is 13.3. The summed E-state index contributed by atoms with van der Waals surface area (Å²) in [7, 11) is 0. The number of hydrogen-bond donors (Lipinski definition) is 0. The Morgan fingerprint density at radius 3 is 2.11 bits per heavy atom. The number of rotatable bonds is 4. The van der Waals surface area contributed by atoms with Crippen LogP contribution in [0.25, 0.3) is 0 Å². The summed E-state index contributed by atoms with van der Waals surface area (Å²) in [5.74, 6) is 0.466. The molecule has 1 saturated heterocycles. The third kappa shape index (κ3) is 3.70. The standard InChI is InChI=1S/C13H23BrN2O2/c1-5-15-8-12(18)16(9-11(15)17)7-10(6-14)13(2,3)4/h10H,5-9H2,1-4H3. The predicted molar refractivity (Wildman–Crippen MR) is 75.6 cm³/mol. The van der Waals surface area contributed by atoms with Crippen LogP contribution in [0.5, 0.6) is 0 Å².